The van der Waals surface area contributed by atoms with E-state index < -0.39 is 0 Å². The van der Waals surface area contributed by atoms with Gasteiger partial charge in [0, 0.05) is 11.4 Å². The number of nitrogen functional groups attached to an aromatic ring is 1. The van der Waals surface area contributed by atoms with Crippen LogP contribution in [-0.2, 0) is 0 Å². The molecule has 4 N–H and O–H groups in total. The van der Waals surface area contributed by atoms with Gasteiger partial charge in [0.25, 0.3) is 0 Å². The minimum absolute atomic E-state index is 0.441. The molecule has 23 heavy (non-hydrogen) atoms. The Balaban J connectivity index is 1.84. The predicted octanol–water partition coefficient (Wildman–Crippen LogP) is 3.56. The lowest BCUT2D eigenvalue weighted by Gasteiger charge is -2.12. The highest BCUT2D eigenvalue weighted by Crippen LogP contribution is 2.27. The van der Waals surface area contributed by atoms with E-state index in [1.165, 1.54) is 11.9 Å². The number of nitrogens with one attached hydrogen (secondary N) is 2. The maximum absolute atomic E-state index is 6.17. The van der Waals surface area contributed by atoms with Gasteiger partial charge in [0.05, 0.1) is 0 Å². The molecule has 6 nitrogen and oxygen atoms in total. The van der Waals surface area contributed by atoms with Crippen LogP contribution in [0.1, 0.15) is 11.3 Å². The van der Waals surface area contributed by atoms with Crippen molar-refractivity contribution in [3.05, 3.63) is 60.0 Å². The number of pyridine rings is 1. The first-order valence-corrected chi connectivity index (χ1v) is 7.26. The van der Waals surface area contributed by atoms with Gasteiger partial charge >= 0.3 is 0 Å². The van der Waals surface area contributed by atoms with Crippen LogP contribution in [0.2, 0.25) is 0 Å². The lowest BCUT2D eigenvalue weighted by atomic mass is 10.2. The van der Waals surface area contributed by atoms with Gasteiger partial charge in [0.2, 0.25) is 0 Å². The fourth-order valence-corrected chi connectivity index (χ4v) is 2.10. The van der Waals surface area contributed by atoms with Gasteiger partial charge in [-0.3, -0.25) is 0 Å². The lowest BCUT2D eigenvalue weighted by Crippen LogP contribution is -2.06. The molecule has 2 aromatic heterocycles. The van der Waals surface area contributed by atoms with E-state index in [-0.39, 0.29) is 0 Å². The summed E-state index contributed by atoms with van der Waals surface area (Å²) in [7, 11) is 0. The molecular formula is C17H18N6. The summed E-state index contributed by atoms with van der Waals surface area (Å²) in [6.07, 6.45) is 1.46. The smallest absolute Gasteiger partial charge is 0.160 e. The molecule has 0 radical (unpaired) electrons. The SMILES string of the molecule is Cc1ccc(Nc2ncnc(Nc3cccc(C)n3)c2N)cc1. The zero-order valence-corrected chi connectivity index (χ0v) is 13.0. The Bertz CT molecular complexity index is 814. The number of nitrogens with two attached hydrogens (primary N) is 1. The molecule has 116 valence electrons. The van der Waals surface area contributed by atoms with Crippen molar-refractivity contribution >= 4 is 28.8 Å². The Hall–Kier alpha value is -3.15. The number of rotatable bonds is 4. The Labute approximate surface area is 134 Å². The average Bonchev–Trinajstić information content (AvgIpc) is 2.53. The number of aromatic nitrogens is 3. The van der Waals surface area contributed by atoms with Crippen molar-refractivity contribution in [3.8, 4) is 0 Å². The van der Waals surface area contributed by atoms with Gasteiger partial charge in [-0.1, -0.05) is 23.8 Å². The Kier molecular flexibility index (Phi) is 4.05. The first-order valence-electron chi connectivity index (χ1n) is 7.26. The zero-order chi connectivity index (χ0) is 16.2. The van der Waals surface area contributed by atoms with Crippen LogP contribution < -0.4 is 16.4 Å². The highest BCUT2D eigenvalue weighted by molar-refractivity contribution is 5.79. The van der Waals surface area contributed by atoms with Crippen LogP contribution in [0.3, 0.4) is 0 Å². The third kappa shape index (κ3) is 3.55. The van der Waals surface area contributed by atoms with Crippen molar-refractivity contribution in [3.63, 3.8) is 0 Å². The molecule has 0 saturated heterocycles. The highest BCUT2D eigenvalue weighted by Gasteiger charge is 2.09. The molecule has 0 aliphatic carbocycles. The van der Waals surface area contributed by atoms with Crippen molar-refractivity contribution in [1.29, 1.82) is 0 Å². The highest BCUT2D eigenvalue weighted by atomic mass is 15.1. The maximum atomic E-state index is 6.17. The van der Waals surface area contributed by atoms with Crippen LogP contribution >= 0.6 is 0 Å². The summed E-state index contributed by atoms with van der Waals surface area (Å²) < 4.78 is 0. The minimum atomic E-state index is 0.441. The van der Waals surface area contributed by atoms with Crippen LogP contribution in [0.15, 0.2) is 48.8 Å². The van der Waals surface area contributed by atoms with Crippen molar-refractivity contribution in [2.45, 2.75) is 13.8 Å². The number of benzene rings is 1. The molecule has 0 amide bonds. The van der Waals surface area contributed by atoms with Crippen molar-refractivity contribution in [1.82, 2.24) is 15.0 Å². The molecule has 0 saturated carbocycles. The van der Waals surface area contributed by atoms with Crippen LogP contribution in [0, 0.1) is 13.8 Å². The maximum Gasteiger partial charge on any atom is 0.160 e. The Morgan fingerprint density at radius 1 is 0.870 bits per heavy atom. The van der Waals surface area contributed by atoms with Crippen LogP contribution in [0.5, 0.6) is 0 Å². The monoisotopic (exact) mass is 306 g/mol. The first kappa shape index (κ1) is 14.8. The molecule has 0 aliphatic rings. The number of anilines is 5. The first-order chi connectivity index (χ1) is 11.1. The summed E-state index contributed by atoms with van der Waals surface area (Å²) in [6.45, 7) is 3.97. The Morgan fingerprint density at radius 2 is 1.57 bits per heavy atom. The molecule has 0 fully saturated rings. The molecule has 3 aromatic rings. The summed E-state index contributed by atoms with van der Waals surface area (Å²) >= 11 is 0. The van der Waals surface area contributed by atoms with Crippen LogP contribution in [-0.4, -0.2) is 15.0 Å². The standard InChI is InChI=1S/C17H18N6/c1-11-6-8-13(9-7-11)22-16-15(18)17(20-10-19-16)23-14-5-3-4-12(2)21-14/h3-10H,18H2,1-2H3,(H2,19,20,21,22,23). The fraction of sp³-hybridized carbons (Fsp3) is 0.118. The quantitative estimate of drug-likeness (QED) is 0.683. The normalized spacial score (nSPS) is 10.3. The van der Waals surface area contributed by atoms with Gasteiger partial charge in [-0.25, -0.2) is 15.0 Å². The zero-order valence-electron chi connectivity index (χ0n) is 13.0. The van der Waals surface area contributed by atoms with Crippen molar-refractivity contribution in [2.75, 3.05) is 16.4 Å². The second kappa shape index (κ2) is 6.31. The third-order valence-electron chi connectivity index (χ3n) is 3.33. The number of aryl methyl sites for hydroxylation is 2. The van der Waals surface area contributed by atoms with E-state index in [1.54, 1.807) is 0 Å². The van der Waals surface area contributed by atoms with E-state index >= 15 is 0 Å². The topological polar surface area (TPSA) is 88.8 Å². The molecule has 0 unspecified atom stereocenters. The number of nitrogens with zero attached hydrogens (tertiary/aromatic N) is 3. The summed E-state index contributed by atoms with van der Waals surface area (Å²) in [6, 6.07) is 13.7. The molecule has 6 heteroatoms. The summed E-state index contributed by atoms with van der Waals surface area (Å²) in [5.41, 5.74) is 9.64. The van der Waals surface area contributed by atoms with E-state index in [1.807, 2.05) is 56.3 Å². The van der Waals surface area contributed by atoms with E-state index in [2.05, 4.69) is 25.6 Å². The van der Waals surface area contributed by atoms with Gasteiger partial charge in [-0.15, -0.1) is 0 Å². The van der Waals surface area contributed by atoms with Gasteiger partial charge in [0.1, 0.15) is 17.8 Å². The van der Waals surface area contributed by atoms with E-state index in [4.69, 9.17) is 5.73 Å². The molecule has 0 bridgehead atoms. The lowest BCUT2D eigenvalue weighted by molar-refractivity contribution is 1.15. The molecular weight excluding hydrogens is 288 g/mol. The van der Waals surface area contributed by atoms with Gasteiger partial charge in [0.15, 0.2) is 11.6 Å². The third-order valence-corrected chi connectivity index (χ3v) is 3.33. The van der Waals surface area contributed by atoms with E-state index in [0.717, 1.165) is 11.4 Å². The summed E-state index contributed by atoms with van der Waals surface area (Å²) in [4.78, 5) is 12.8. The largest absolute Gasteiger partial charge is 0.393 e. The van der Waals surface area contributed by atoms with E-state index in [0.29, 0.717) is 23.1 Å². The van der Waals surface area contributed by atoms with Crippen LogP contribution in [0.25, 0.3) is 0 Å². The number of hydrogen-bond acceptors (Lipinski definition) is 6. The Morgan fingerprint density at radius 3 is 2.26 bits per heavy atom. The molecule has 0 atom stereocenters. The van der Waals surface area contributed by atoms with Crippen molar-refractivity contribution < 1.29 is 0 Å². The molecule has 3 rings (SSSR count). The molecule has 0 aliphatic heterocycles. The molecule has 1 aromatic carbocycles. The van der Waals surface area contributed by atoms with E-state index in [9.17, 15) is 0 Å². The van der Waals surface area contributed by atoms with Gasteiger partial charge in [-0.05, 0) is 38.1 Å². The molecule has 0 spiro atoms. The molecule has 2 heterocycles. The second-order valence-electron chi connectivity index (χ2n) is 5.26. The van der Waals surface area contributed by atoms with Crippen LogP contribution in [0.4, 0.5) is 28.8 Å². The average molecular weight is 306 g/mol. The van der Waals surface area contributed by atoms with Gasteiger partial charge < -0.3 is 16.4 Å². The second-order valence-corrected chi connectivity index (χ2v) is 5.26. The fourth-order valence-electron chi connectivity index (χ4n) is 2.10. The van der Waals surface area contributed by atoms with Crippen molar-refractivity contribution in [2.24, 2.45) is 0 Å². The summed E-state index contributed by atoms with van der Waals surface area (Å²) in [5, 5.41) is 6.32. The number of hydrogen-bond donors (Lipinski definition) is 3. The van der Waals surface area contributed by atoms with Gasteiger partial charge in [-0.2, -0.15) is 0 Å². The minimum Gasteiger partial charge on any atom is -0.393 e. The predicted molar refractivity (Wildman–Crippen MR) is 93.2 cm³/mol. The summed E-state index contributed by atoms with van der Waals surface area (Å²) in [5.74, 6) is 1.77.